The number of nitrogens with zero attached hydrogens (tertiary/aromatic N) is 5. The molecule has 1 atom stereocenters. The standard InChI is InChI=1S/C36H35ClN8O3S.H2S/c1-20-21(2)49-36-33(20)34(23-4-8-27(37)9-5-23)42-29(35-44-43-22(3)45(35)36)18-31(46)39-13-15-48-14-12-38-30-11-7-25(19-40-30)24-6-10-28-26(16-24)17-32(47)41-28;/h4-11,16,19,29H,12-15,17-18H2,1-3H3,(H,38,40)(H,39,46)(H,41,47);1H2/t29-;/m0./s1. The highest BCUT2D eigenvalue weighted by molar-refractivity contribution is 7.59. The number of fused-ring (bicyclic) bond motifs is 4. The third-order valence-electron chi connectivity index (χ3n) is 8.68. The van der Waals surface area contributed by atoms with Crippen LogP contribution < -0.4 is 16.0 Å². The lowest BCUT2D eigenvalue weighted by atomic mass is 9.99. The van der Waals surface area contributed by atoms with E-state index in [1.54, 1.807) is 11.3 Å². The van der Waals surface area contributed by atoms with Crippen molar-refractivity contribution < 1.29 is 14.3 Å². The fraction of sp³-hybridized carbons (Fsp3) is 0.278. The van der Waals surface area contributed by atoms with Crippen LogP contribution in [0.25, 0.3) is 16.1 Å². The van der Waals surface area contributed by atoms with Crippen molar-refractivity contribution in [1.82, 2.24) is 25.1 Å². The summed E-state index contributed by atoms with van der Waals surface area (Å²) < 4.78 is 7.80. The molecule has 0 saturated heterocycles. The smallest absolute Gasteiger partial charge is 0.228 e. The molecule has 0 radical (unpaired) electrons. The Balaban J connectivity index is 0.00000432. The van der Waals surface area contributed by atoms with E-state index in [0.29, 0.717) is 43.6 Å². The monoisotopic (exact) mass is 728 g/mol. The van der Waals surface area contributed by atoms with Crippen LogP contribution in [0.2, 0.25) is 5.02 Å². The highest BCUT2D eigenvalue weighted by Gasteiger charge is 2.32. The van der Waals surface area contributed by atoms with Gasteiger partial charge in [0.25, 0.3) is 0 Å². The summed E-state index contributed by atoms with van der Waals surface area (Å²) in [7, 11) is 0. The molecule has 7 rings (SSSR count). The highest BCUT2D eigenvalue weighted by Crippen LogP contribution is 2.39. The van der Waals surface area contributed by atoms with Gasteiger partial charge in [-0.3, -0.25) is 19.1 Å². The van der Waals surface area contributed by atoms with E-state index in [2.05, 4.69) is 45.0 Å². The number of ether oxygens (including phenoxy) is 1. The minimum atomic E-state index is -0.529. The average Bonchev–Trinajstić information content (AvgIpc) is 3.73. The molecule has 2 aromatic carbocycles. The second-order valence-corrected chi connectivity index (χ2v) is 13.7. The van der Waals surface area contributed by atoms with Gasteiger partial charge in [0, 0.05) is 51.6 Å². The molecule has 50 heavy (non-hydrogen) atoms. The third kappa shape index (κ3) is 7.31. The van der Waals surface area contributed by atoms with Crippen molar-refractivity contribution in [1.29, 1.82) is 0 Å². The number of pyridine rings is 1. The van der Waals surface area contributed by atoms with Gasteiger partial charge in [-0.25, -0.2) is 4.98 Å². The summed E-state index contributed by atoms with van der Waals surface area (Å²) >= 11 is 7.89. The van der Waals surface area contributed by atoms with Crippen molar-refractivity contribution in [2.75, 3.05) is 36.9 Å². The van der Waals surface area contributed by atoms with Crippen LogP contribution >= 0.6 is 36.4 Å². The maximum absolute atomic E-state index is 13.2. The van der Waals surface area contributed by atoms with Crippen LogP contribution in [0.15, 0.2) is 65.8 Å². The van der Waals surface area contributed by atoms with E-state index in [1.807, 2.05) is 72.3 Å². The molecule has 3 aromatic heterocycles. The quantitative estimate of drug-likeness (QED) is 0.140. The average molecular weight is 729 g/mol. The largest absolute Gasteiger partial charge is 0.378 e. The summed E-state index contributed by atoms with van der Waals surface area (Å²) in [5.74, 6) is 2.01. The summed E-state index contributed by atoms with van der Waals surface area (Å²) in [6.45, 7) is 7.87. The summed E-state index contributed by atoms with van der Waals surface area (Å²) in [6.07, 6.45) is 2.33. The fourth-order valence-corrected chi connectivity index (χ4v) is 7.41. The first-order chi connectivity index (χ1) is 23.7. The Bertz CT molecular complexity index is 2080. The minimum Gasteiger partial charge on any atom is -0.378 e. The molecule has 258 valence electrons. The van der Waals surface area contributed by atoms with E-state index in [-0.39, 0.29) is 31.7 Å². The first-order valence-electron chi connectivity index (χ1n) is 16.1. The number of anilines is 2. The number of nitrogens with one attached hydrogen (secondary N) is 3. The number of carbonyl (C=O) groups excluding carboxylic acids is 2. The molecule has 2 amide bonds. The van der Waals surface area contributed by atoms with Crippen LogP contribution in [0, 0.1) is 20.8 Å². The number of benzene rings is 2. The number of hydrogen-bond donors (Lipinski definition) is 3. The van der Waals surface area contributed by atoms with Crippen molar-refractivity contribution in [3.63, 3.8) is 0 Å². The number of aliphatic imine (C=N–C) groups is 1. The Labute approximate surface area is 306 Å². The molecule has 11 nitrogen and oxygen atoms in total. The number of hydrogen-bond acceptors (Lipinski definition) is 9. The number of amides is 2. The Morgan fingerprint density at radius 2 is 1.78 bits per heavy atom. The SMILES string of the molecule is Cc1sc2c(c1C)C(c1ccc(Cl)cc1)=N[C@@H](CC(=O)NCCOCCNc1ccc(-c3ccc4c(c3)CC(=O)N4)cn1)c1nnc(C)n1-2.S. The first-order valence-corrected chi connectivity index (χ1v) is 17.3. The van der Waals surface area contributed by atoms with Gasteiger partial charge in [-0.2, -0.15) is 13.5 Å². The molecule has 0 fully saturated rings. The van der Waals surface area contributed by atoms with Gasteiger partial charge in [0.05, 0.1) is 31.8 Å². The molecule has 2 aliphatic rings. The Morgan fingerprint density at radius 3 is 2.56 bits per heavy atom. The number of aryl methyl sites for hydroxylation is 2. The van der Waals surface area contributed by atoms with E-state index in [1.165, 1.54) is 4.88 Å². The van der Waals surface area contributed by atoms with Gasteiger partial charge in [0.2, 0.25) is 11.8 Å². The molecule has 0 spiro atoms. The molecule has 5 heterocycles. The van der Waals surface area contributed by atoms with Crippen LogP contribution in [-0.4, -0.2) is 63.6 Å². The van der Waals surface area contributed by atoms with Gasteiger partial charge in [-0.15, -0.1) is 21.5 Å². The van der Waals surface area contributed by atoms with Crippen LogP contribution in [0.3, 0.4) is 0 Å². The molecule has 0 unspecified atom stereocenters. The lowest BCUT2D eigenvalue weighted by molar-refractivity contribution is -0.121. The molecule has 0 bridgehead atoms. The van der Waals surface area contributed by atoms with Gasteiger partial charge in [0.15, 0.2) is 5.82 Å². The van der Waals surface area contributed by atoms with Crippen LogP contribution in [0.4, 0.5) is 11.5 Å². The van der Waals surface area contributed by atoms with Crippen LogP contribution in [0.1, 0.15) is 51.2 Å². The number of halogens is 1. The highest BCUT2D eigenvalue weighted by atomic mass is 35.5. The molecule has 0 saturated carbocycles. The second-order valence-electron chi connectivity index (χ2n) is 12.0. The lowest BCUT2D eigenvalue weighted by Crippen LogP contribution is -2.29. The molecule has 3 N–H and O–H groups in total. The van der Waals surface area contributed by atoms with Crippen LogP contribution in [-0.2, 0) is 20.7 Å². The van der Waals surface area contributed by atoms with Gasteiger partial charge in [-0.1, -0.05) is 29.8 Å². The Hall–Kier alpha value is -4.56. The predicted molar refractivity (Wildman–Crippen MR) is 203 cm³/mol. The van der Waals surface area contributed by atoms with Crippen molar-refractivity contribution in [2.45, 2.75) is 39.7 Å². The zero-order valence-corrected chi connectivity index (χ0v) is 30.4. The van der Waals surface area contributed by atoms with Gasteiger partial charge < -0.3 is 20.7 Å². The van der Waals surface area contributed by atoms with E-state index < -0.39 is 6.04 Å². The number of aromatic nitrogens is 4. The van der Waals surface area contributed by atoms with E-state index in [4.69, 9.17) is 21.3 Å². The van der Waals surface area contributed by atoms with E-state index in [9.17, 15) is 9.59 Å². The van der Waals surface area contributed by atoms with Crippen molar-refractivity contribution >= 4 is 65.5 Å². The molecule has 2 aliphatic heterocycles. The zero-order valence-electron chi connectivity index (χ0n) is 27.8. The number of carbonyl (C=O) groups is 2. The molecular formula is C36H37ClN8O3S2. The molecule has 5 aromatic rings. The second kappa shape index (κ2) is 15.1. The number of thiophene rings is 1. The molecule has 0 aliphatic carbocycles. The zero-order chi connectivity index (χ0) is 34.1. The maximum Gasteiger partial charge on any atom is 0.228 e. The van der Waals surface area contributed by atoms with Crippen molar-refractivity contribution in [2.24, 2.45) is 4.99 Å². The van der Waals surface area contributed by atoms with Crippen LogP contribution in [0.5, 0.6) is 0 Å². The fourth-order valence-electron chi connectivity index (χ4n) is 6.07. The predicted octanol–water partition coefficient (Wildman–Crippen LogP) is 6.10. The lowest BCUT2D eigenvalue weighted by Gasteiger charge is -2.13. The summed E-state index contributed by atoms with van der Waals surface area (Å²) in [4.78, 5) is 35.7. The van der Waals surface area contributed by atoms with E-state index in [0.717, 1.165) is 61.4 Å². The van der Waals surface area contributed by atoms with Gasteiger partial charge >= 0.3 is 0 Å². The Morgan fingerprint density at radius 1 is 1.02 bits per heavy atom. The molecular weight excluding hydrogens is 692 g/mol. The van der Waals surface area contributed by atoms with E-state index >= 15 is 0 Å². The Kier molecular flexibility index (Phi) is 10.7. The first kappa shape index (κ1) is 35.3. The summed E-state index contributed by atoms with van der Waals surface area (Å²) in [5, 5.41) is 19.6. The van der Waals surface area contributed by atoms with Gasteiger partial charge in [0.1, 0.15) is 22.7 Å². The summed E-state index contributed by atoms with van der Waals surface area (Å²) in [6, 6.07) is 17.0. The molecule has 14 heteroatoms. The van der Waals surface area contributed by atoms with Gasteiger partial charge in [-0.05, 0) is 73.9 Å². The van der Waals surface area contributed by atoms with Crippen molar-refractivity contribution in [3.8, 4) is 16.1 Å². The third-order valence-corrected chi connectivity index (χ3v) is 10.1. The normalized spacial score (nSPS) is 14.4. The topological polar surface area (TPSA) is 135 Å². The minimum absolute atomic E-state index is 0. The number of rotatable bonds is 11. The van der Waals surface area contributed by atoms with Crippen molar-refractivity contribution in [3.05, 3.63) is 105 Å². The summed E-state index contributed by atoms with van der Waals surface area (Å²) in [5.41, 5.74) is 7.79. The maximum atomic E-state index is 13.2.